The van der Waals surface area contributed by atoms with Crippen molar-refractivity contribution in [1.82, 2.24) is 9.80 Å². The highest BCUT2D eigenvalue weighted by atomic mass is 15.3. The van der Waals surface area contributed by atoms with Gasteiger partial charge in [-0.1, -0.05) is 32.4 Å². The zero-order valence-electron chi connectivity index (χ0n) is 12.3. The van der Waals surface area contributed by atoms with Gasteiger partial charge in [-0.15, -0.1) is 0 Å². The molecule has 0 spiro atoms. The maximum absolute atomic E-state index is 2.67. The molecule has 0 aromatic heterocycles. The van der Waals surface area contributed by atoms with Gasteiger partial charge < -0.3 is 4.90 Å². The summed E-state index contributed by atoms with van der Waals surface area (Å²) in [7, 11) is 0. The molecule has 102 valence electrons. The molecule has 0 radical (unpaired) electrons. The van der Waals surface area contributed by atoms with Gasteiger partial charge in [-0.2, -0.15) is 0 Å². The van der Waals surface area contributed by atoms with Gasteiger partial charge in [-0.05, 0) is 36.6 Å². The Morgan fingerprint density at radius 3 is 2.39 bits per heavy atom. The van der Waals surface area contributed by atoms with E-state index in [2.05, 4.69) is 36.6 Å². The second kappa shape index (κ2) is 4.64. The van der Waals surface area contributed by atoms with Crippen LogP contribution in [0.4, 0.5) is 0 Å². The fourth-order valence-electron chi connectivity index (χ4n) is 4.18. The molecule has 18 heavy (non-hydrogen) atoms. The molecule has 4 rings (SSSR count). The van der Waals surface area contributed by atoms with E-state index in [1.165, 1.54) is 52.1 Å². The maximum Gasteiger partial charge on any atom is 0.0196 e. The van der Waals surface area contributed by atoms with Crippen LogP contribution in [-0.2, 0) is 0 Å². The van der Waals surface area contributed by atoms with E-state index in [1.54, 1.807) is 5.57 Å². The van der Waals surface area contributed by atoms with Crippen LogP contribution in [0.15, 0.2) is 11.6 Å². The third-order valence-electron chi connectivity index (χ3n) is 5.90. The molecule has 0 aromatic rings. The summed E-state index contributed by atoms with van der Waals surface area (Å²) in [4.78, 5) is 5.24. The lowest BCUT2D eigenvalue weighted by Gasteiger charge is -2.57. The summed E-state index contributed by atoms with van der Waals surface area (Å²) in [5.74, 6) is 1.86. The van der Waals surface area contributed by atoms with Crippen LogP contribution < -0.4 is 0 Å². The SMILES string of the molecule is CCN1CCN(CC2=CC[C@@H]3C[C@H]2C3(C)C)CC1. The Balaban J connectivity index is 1.56. The summed E-state index contributed by atoms with van der Waals surface area (Å²) in [5, 5.41) is 0. The van der Waals surface area contributed by atoms with E-state index >= 15 is 0 Å². The van der Waals surface area contributed by atoms with Crippen LogP contribution in [0, 0.1) is 17.3 Å². The first-order valence-electron chi connectivity index (χ1n) is 7.75. The maximum atomic E-state index is 2.67. The van der Waals surface area contributed by atoms with Gasteiger partial charge in [0, 0.05) is 32.7 Å². The zero-order valence-corrected chi connectivity index (χ0v) is 12.3. The lowest BCUT2D eigenvalue weighted by atomic mass is 9.49. The van der Waals surface area contributed by atoms with E-state index < -0.39 is 0 Å². The Labute approximate surface area is 112 Å². The average molecular weight is 248 g/mol. The number of nitrogens with zero attached hydrogens (tertiary/aromatic N) is 2. The van der Waals surface area contributed by atoms with Crippen molar-refractivity contribution in [3.8, 4) is 0 Å². The van der Waals surface area contributed by atoms with Crippen molar-refractivity contribution in [2.24, 2.45) is 17.3 Å². The van der Waals surface area contributed by atoms with Crippen LogP contribution >= 0.6 is 0 Å². The van der Waals surface area contributed by atoms with E-state index in [0.29, 0.717) is 5.41 Å². The van der Waals surface area contributed by atoms with E-state index in [4.69, 9.17) is 0 Å². The number of piperazine rings is 1. The number of likely N-dealkylation sites (N-methyl/N-ethyl adjacent to an activating group) is 1. The Hall–Kier alpha value is -0.340. The first-order chi connectivity index (χ1) is 8.61. The van der Waals surface area contributed by atoms with Gasteiger partial charge in [0.25, 0.3) is 0 Å². The third kappa shape index (κ3) is 2.04. The van der Waals surface area contributed by atoms with Gasteiger partial charge in [0.1, 0.15) is 0 Å². The van der Waals surface area contributed by atoms with Crippen LogP contribution in [0.5, 0.6) is 0 Å². The standard InChI is InChI=1S/C16H28N2/c1-4-17-7-9-18(10-8-17)12-13-5-6-14-11-15(13)16(14,2)3/h5,14-15H,4,6-12H2,1-3H3/t14-,15-/m1/s1. The summed E-state index contributed by atoms with van der Waals surface area (Å²) in [5.41, 5.74) is 2.35. The molecule has 1 saturated carbocycles. The fourth-order valence-corrected chi connectivity index (χ4v) is 4.18. The molecule has 2 bridgehead atoms. The van der Waals surface area contributed by atoms with Crippen LogP contribution in [0.1, 0.15) is 33.6 Å². The van der Waals surface area contributed by atoms with Gasteiger partial charge >= 0.3 is 0 Å². The largest absolute Gasteiger partial charge is 0.301 e. The minimum Gasteiger partial charge on any atom is -0.301 e. The molecule has 4 aliphatic rings. The van der Waals surface area contributed by atoms with Crippen molar-refractivity contribution in [2.75, 3.05) is 39.3 Å². The molecule has 2 nitrogen and oxygen atoms in total. The van der Waals surface area contributed by atoms with Crippen molar-refractivity contribution in [3.63, 3.8) is 0 Å². The minimum absolute atomic E-state index is 0.593. The molecular weight excluding hydrogens is 220 g/mol. The van der Waals surface area contributed by atoms with E-state index in [9.17, 15) is 0 Å². The number of allylic oxidation sites excluding steroid dienone is 1. The normalized spacial score (nSPS) is 36.1. The summed E-state index contributed by atoms with van der Waals surface area (Å²) < 4.78 is 0. The molecule has 0 unspecified atom stereocenters. The summed E-state index contributed by atoms with van der Waals surface area (Å²) in [6.45, 7) is 14.8. The molecule has 2 atom stereocenters. The van der Waals surface area contributed by atoms with Gasteiger partial charge in [-0.3, -0.25) is 4.90 Å². The van der Waals surface area contributed by atoms with Crippen molar-refractivity contribution in [2.45, 2.75) is 33.6 Å². The van der Waals surface area contributed by atoms with Gasteiger partial charge in [0.15, 0.2) is 0 Å². The summed E-state index contributed by atoms with van der Waals surface area (Å²) >= 11 is 0. The van der Waals surface area contributed by atoms with E-state index in [1.807, 2.05) is 0 Å². The fraction of sp³-hybridized carbons (Fsp3) is 0.875. The second-order valence-corrected chi connectivity index (χ2v) is 7.03. The van der Waals surface area contributed by atoms with Crippen LogP contribution in [0.3, 0.4) is 0 Å². The van der Waals surface area contributed by atoms with Crippen molar-refractivity contribution >= 4 is 0 Å². The van der Waals surface area contributed by atoms with Crippen LogP contribution in [0.25, 0.3) is 0 Å². The van der Waals surface area contributed by atoms with Crippen molar-refractivity contribution in [3.05, 3.63) is 11.6 Å². The molecule has 0 amide bonds. The molecule has 2 fully saturated rings. The Morgan fingerprint density at radius 2 is 1.83 bits per heavy atom. The predicted molar refractivity (Wildman–Crippen MR) is 76.6 cm³/mol. The molecule has 1 heterocycles. The lowest BCUT2D eigenvalue weighted by Crippen LogP contribution is -2.52. The molecule has 1 saturated heterocycles. The second-order valence-electron chi connectivity index (χ2n) is 7.03. The highest BCUT2D eigenvalue weighted by molar-refractivity contribution is 5.24. The highest BCUT2D eigenvalue weighted by Crippen LogP contribution is 2.59. The molecule has 0 aromatic carbocycles. The summed E-state index contributed by atoms with van der Waals surface area (Å²) in [6, 6.07) is 0. The van der Waals surface area contributed by atoms with E-state index in [0.717, 1.165) is 11.8 Å². The number of hydrogen-bond donors (Lipinski definition) is 0. The first kappa shape index (κ1) is 12.7. The molecule has 0 N–H and O–H groups in total. The van der Waals surface area contributed by atoms with E-state index in [-0.39, 0.29) is 0 Å². The molecule has 3 aliphatic carbocycles. The quantitative estimate of drug-likeness (QED) is 0.708. The monoisotopic (exact) mass is 248 g/mol. The first-order valence-corrected chi connectivity index (χ1v) is 7.75. The van der Waals surface area contributed by atoms with Crippen LogP contribution in [0.2, 0.25) is 0 Å². The number of rotatable bonds is 3. The van der Waals surface area contributed by atoms with Gasteiger partial charge in [-0.25, -0.2) is 0 Å². The molecule has 1 aliphatic heterocycles. The molecular formula is C16H28N2. The van der Waals surface area contributed by atoms with Crippen molar-refractivity contribution in [1.29, 1.82) is 0 Å². The number of hydrogen-bond acceptors (Lipinski definition) is 2. The Morgan fingerprint density at radius 1 is 1.17 bits per heavy atom. The van der Waals surface area contributed by atoms with Gasteiger partial charge in [0.2, 0.25) is 0 Å². The zero-order chi connectivity index (χ0) is 12.8. The topological polar surface area (TPSA) is 6.48 Å². The number of fused-ring (bicyclic) bond motifs is 1. The average Bonchev–Trinajstić information content (AvgIpc) is 2.39. The lowest BCUT2D eigenvalue weighted by molar-refractivity contribution is -0.0120. The smallest absolute Gasteiger partial charge is 0.0196 e. The van der Waals surface area contributed by atoms with Gasteiger partial charge in [0.05, 0.1) is 0 Å². The third-order valence-corrected chi connectivity index (χ3v) is 5.90. The predicted octanol–water partition coefficient (Wildman–Crippen LogP) is 2.62. The Kier molecular flexibility index (Phi) is 3.27. The van der Waals surface area contributed by atoms with Crippen molar-refractivity contribution < 1.29 is 0 Å². The van der Waals surface area contributed by atoms with Crippen LogP contribution in [-0.4, -0.2) is 49.1 Å². The summed E-state index contributed by atoms with van der Waals surface area (Å²) in [6.07, 6.45) is 5.37. The minimum atomic E-state index is 0.593. The Bertz CT molecular complexity index is 337. The molecule has 2 heteroatoms. The highest BCUT2D eigenvalue weighted by Gasteiger charge is 2.51.